The first-order valence-electron chi connectivity index (χ1n) is 5.14. The van der Waals surface area contributed by atoms with E-state index in [2.05, 4.69) is 19.2 Å². The lowest BCUT2D eigenvalue weighted by atomic mass is 9.99. The van der Waals surface area contributed by atoms with Crippen molar-refractivity contribution in [1.29, 1.82) is 0 Å². The smallest absolute Gasteiger partial charge is 0.243 e. The number of hydrogen-bond donors (Lipinski definition) is 1. The van der Waals surface area contributed by atoms with Gasteiger partial charge in [0.15, 0.2) is 0 Å². The Kier molecular flexibility index (Phi) is 1.88. The average Bonchev–Trinajstić information content (AvgIpc) is 2.74. The molecule has 3 atom stereocenters. The molecule has 0 spiro atoms. The Hall–Kier alpha value is -0.570. The molecule has 1 amide bonds. The Labute approximate surface area is 79.5 Å². The van der Waals surface area contributed by atoms with Crippen molar-refractivity contribution in [3.63, 3.8) is 0 Å². The van der Waals surface area contributed by atoms with Crippen molar-refractivity contribution in [2.75, 3.05) is 6.67 Å². The van der Waals surface area contributed by atoms with Gasteiger partial charge in [-0.15, -0.1) is 0 Å². The topological polar surface area (TPSA) is 32.3 Å². The molecule has 1 aliphatic carbocycles. The van der Waals surface area contributed by atoms with Crippen molar-refractivity contribution in [2.45, 2.75) is 45.2 Å². The molecule has 13 heavy (non-hydrogen) atoms. The van der Waals surface area contributed by atoms with E-state index < -0.39 is 0 Å². The average molecular weight is 182 g/mol. The van der Waals surface area contributed by atoms with Gasteiger partial charge in [0.25, 0.3) is 0 Å². The van der Waals surface area contributed by atoms with Crippen LogP contribution >= 0.6 is 0 Å². The first-order chi connectivity index (χ1) is 6.08. The summed E-state index contributed by atoms with van der Waals surface area (Å²) in [5, 5.41) is 3.30. The van der Waals surface area contributed by atoms with Crippen LogP contribution < -0.4 is 5.32 Å². The number of carbonyl (C=O) groups is 1. The molecule has 1 N–H and O–H groups in total. The number of amides is 1. The SMILES string of the molecule is CCC1(C)NCN(C2CC2C)C1=O. The first-order valence-corrected chi connectivity index (χ1v) is 5.14. The third kappa shape index (κ3) is 1.26. The van der Waals surface area contributed by atoms with Crippen LogP contribution in [0.1, 0.15) is 33.6 Å². The standard InChI is InChI=1S/C10H18N2O/c1-4-10(3)9(13)12(6-11-10)8-5-7(8)2/h7-8,11H,4-6H2,1-3H3. The second kappa shape index (κ2) is 2.71. The molecule has 0 aromatic rings. The summed E-state index contributed by atoms with van der Waals surface area (Å²) < 4.78 is 0. The third-order valence-electron chi connectivity index (χ3n) is 3.55. The number of nitrogens with zero attached hydrogens (tertiary/aromatic N) is 1. The summed E-state index contributed by atoms with van der Waals surface area (Å²) in [5.74, 6) is 1.01. The monoisotopic (exact) mass is 182 g/mol. The largest absolute Gasteiger partial charge is 0.325 e. The summed E-state index contributed by atoms with van der Waals surface area (Å²) in [6, 6.07) is 0.522. The van der Waals surface area contributed by atoms with Crippen LogP contribution in [0.15, 0.2) is 0 Å². The lowest BCUT2D eigenvalue weighted by Crippen LogP contribution is -2.43. The maximum Gasteiger partial charge on any atom is 0.243 e. The van der Waals surface area contributed by atoms with Gasteiger partial charge in [0.1, 0.15) is 0 Å². The van der Waals surface area contributed by atoms with Crippen LogP contribution in [0, 0.1) is 5.92 Å². The van der Waals surface area contributed by atoms with Crippen molar-refractivity contribution in [3.8, 4) is 0 Å². The van der Waals surface area contributed by atoms with Gasteiger partial charge in [-0.1, -0.05) is 13.8 Å². The van der Waals surface area contributed by atoms with E-state index in [1.807, 2.05) is 11.8 Å². The first kappa shape index (κ1) is 9.00. The normalized spacial score (nSPS) is 44.2. The van der Waals surface area contributed by atoms with Crippen LogP contribution in [-0.2, 0) is 4.79 Å². The van der Waals surface area contributed by atoms with E-state index in [9.17, 15) is 4.79 Å². The second-order valence-corrected chi connectivity index (χ2v) is 4.58. The molecule has 0 bridgehead atoms. The zero-order valence-electron chi connectivity index (χ0n) is 8.63. The fraction of sp³-hybridized carbons (Fsp3) is 0.900. The zero-order valence-corrected chi connectivity index (χ0v) is 8.63. The van der Waals surface area contributed by atoms with Crippen LogP contribution in [0.4, 0.5) is 0 Å². The fourth-order valence-electron chi connectivity index (χ4n) is 2.00. The molecule has 2 aliphatic rings. The molecule has 3 heteroatoms. The van der Waals surface area contributed by atoms with Crippen LogP contribution in [0.25, 0.3) is 0 Å². The molecule has 1 saturated carbocycles. The van der Waals surface area contributed by atoms with E-state index in [0.29, 0.717) is 17.9 Å². The number of carbonyl (C=O) groups excluding carboxylic acids is 1. The Morgan fingerprint density at radius 1 is 1.69 bits per heavy atom. The van der Waals surface area contributed by atoms with Gasteiger partial charge in [0, 0.05) is 6.04 Å². The highest BCUT2D eigenvalue weighted by Gasteiger charge is 2.49. The highest BCUT2D eigenvalue weighted by molar-refractivity contribution is 5.88. The van der Waals surface area contributed by atoms with Crippen LogP contribution in [0.2, 0.25) is 0 Å². The van der Waals surface area contributed by atoms with Crippen LogP contribution in [0.3, 0.4) is 0 Å². The number of rotatable bonds is 2. The van der Waals surface area contributed by atoms with Gasteiger partial charge in [-0.2, -0.15) is 0 Å². The molecule has 1 saturated heterocycles. The Morgan fingerprint density at radius 3 is 2.69 bits per heavy atom. The maximum absolute atomic E-state index is 11.9. The summed E-state index contributed by atoms with van der Waals surface area (Å²) in [6.07, 6.45) is 2.07. The lowest BCUT2D eigenvalue weighted by Gasteiger charge is -2.20. The molecule has 1 heterocycles. The van der Waals surface area contributed by atoms with Crippen molar-refractivity contribution in [2.24, 2.45) is 5.92 Å². The second-order valence-electron chi connectivity index (χ2n) is 4.58. The number of nitrogens with one attached hydrogen (secondary N) is 1. The van der Waals surface area contributed by atoms with Gasteiger partial charge in [0.2, 0.25) is 5.91 Å². The molecule has 2 rings (SSSR count). The van der Waals surface area contributed by atoms with E-state index in [-0.39, 0.29) is 5.54 Å². The van der Waals surface area contributed by atoms with Crippen molar-refractivity contribution >= 4 is 5.91 Å². The van der Waals surface area contributed by atoms with Gasteiger partial charge in [-0.05, 0) is 25.7 Å². The summed E-state index contributed by atoms with van der Waals surface area (Å²) >= 11 is 0. The van der Waals surface area contributed by atoms with E-state index in [0.717, 1.165) is 13.1 Å². The zero-order chi connectivity index (χ0) is 9.64. The highest BCUT2D eigenvalue weighted by Crippen LogP contribution is 2.37. The fourth-order valence-corrected chi connectivity index (χ4v) is 2.00. The third-order valence-corrected chi connectivity index (χ3v) is 3.55. The maximum atomic E-state index is 11.9. The molecule has 3 unspecified atom stereocenters. The molecular weight excluding hydrogens is 164 g/mol. The minimum Gasteiger partial charge on any atom is -0.325 e. The van der Waals surface area contributed by atoms with E-state index in [1.54, 1.807) is 0 Å². The van der Waals surface area contributed by atoms with Gasteiger partial charge >= 0.3 is 0 Å². The summed E-state index contributed by atoms with van der Waals surface area (Å²) in [6.45, 7) is 7.02. The highest BCUT2D eigenvalue weighted by atomic mass is 16.2. The van der Waals surface area contributed by atoms with Gasteiger partial charge < -0.3 is 4.90 Å². The Bertz CT molecular complexity index is 241. The van der Waals surface area contributed by atoms with Crippen molar-refractivity contribution in [3.05, 3.63) is 0 Å². The molecule has 3 nitrogen and oxygen atoms in total. The quantitative estimate of drug-likeness (QED) is 0.689. The minimum atomic E-state index is -0.289. The van der Waals surface area contributed by atoms with Crippen molar-refractivity contribution in [1.82, 2.24) is 10.2 Å². The van der Waals surface area contributed by atoms with Crippen LogP contribution in [-0.4, -0.2) is 29.1 Å². The minimum absolute atomic E-state index is 0.289. The molecule has 2 fully saturated rings. The predicted molar refractivity (Wildman–Crippen MR) is 51.1 cm³/mol. The number of hydrogen-bond acceptors (Lipinski definition) is 2. The van der Waals surface area contributed by atoms with Gasteiger partial charge in [-0.25, -0.2) is 0 Å². The van der Waals surface area contributed by atoms with Gasteiger partial charge in [-0.3, -0.25) is 10.1 Å². The molecule has 0 aromatic carbocycles. The summed E-state index contributed by atoms with van der Waals surface area (Å²) in [7, 11) is 0. The molecule has 0 aromatic heterocycles. The molecular formula is C10H18N2O. The molecule has 74 valence electrons. The van der Waals surface area contributed by atoms with E-state index in [4.69, 9.17) is 0 Å². The molecule has 0 radical (unpaired) electrons. The molecule has 1 aliphatic heterocycles. The van der Waals surface area contributed by atoms with E-state index >= 15 is 0 Å². The Morgan fingerprint density at radius 2 is 2.31 bits per heavy atom. The van der Waals surface area contributed by atoms with Gasteiger partial charge in [0.05, 0.1) is 12.2 Å². The predicted octanol–water partition coefficient (Wildman–Crippen LogP) is 0.953. The van der Waals surface area contributed by atoms with Crippen molar-refractivity contribution < 1.29 is 4.79 Å². The summed E-state index contributed by atoms with van der Waals surface area (Å²) in [5.41, 5.74) is -0.289. The van der Waals surface area contributed by atoms with Crippen LogP contribution in [0.5, 0.6) is 0 Å². The van der Waals surface area contributed by atoms with E-state index in [1.165, 1.54) is 6.42 Å². The summed E-state index contributed by atoms with van der Waals surface area (Å²) in [4.78, 5) is 14.0. The Balaban J connectivity index is 2.07. The lowest BCUT2D eigenvalue weighted by molar-refractivity contribution is -0.132.